The minimum Gasteiger partial charge on any atom is -0.478 e. The second kappa shape index (κ2) is 3.42. The van der Waals surface area contributed by atoms with E-state index in [9.17, 15) is 4.79 Å². The van der Waals surface area contributed by atoms with Crippen LogP contribution in [-0.4, -0.2) is 17.1 Å². The summed E-state index contributed by atoms with van der Waals surface area (Å²) in [5.41, 5.74) is 8.53. The van der Waals surface area contributed by atoms with Gasteiger partial charge in [0.1, 0.15) is 0 Å². The van der Waals surface area contributed by atoms with Gasteiger partial charge in [-0.2, -0.15) is 0 Å². The minimum atomic E-state index is -0.869. The molecule has 0 heterocycles. The van der Waals surface area contributed by atoms with Gasteiger partial charge in [0.2, 0.25) is 0 Å². The van der Waals surface area contributed by atoms with Gasteiger partial charge in [-0.3, -0.25) is 0 Å². The molecule has 3 heteroatoms. The number of rotatable bonds is 1. The molecule has 1 aliphatic carbocycles. The Kier molecular flexibility index (Phi) is 2.25. The van der Waals surface area contributed by atoms with Crippen molar-refractivity contribution in [3.63, 3.8) is 0 Å². The van der Waals surface area contributed by atoms with Crippen LogP contribution >= 0.6 is 0 Å². The smallest absolute Gasteiger partial charge is 0.335 e. The monoisotopic (exact) mass is 191 g/mol. The SMILES string of the molecule is N[C@H]1CCc2ccc(C(=O)O)cc2C1. The molecule has 0 aromatic heterocycles. The van der Waals surface area contributed by atoms with Crippen molar-refractivity contribution in [2.24, 2.45) is 5.73 Å². The van der Waals surface area contributed by atoms with Gasteiger partial charge in [-0.15, -0.1) is 0 Å². The summed E-state index contributed by atoms with van der Waals surface area (Å²) in [5, 5.41) is 8.82. The van der Waals surface area contributed by atoms with Crippen molar-refractivity contribution in [2.75, 3.05) is 0 Å². The zero-order chi connectivity index (χ0) is 10.1. The van der Waals surface area contributed by atoms with Crippen LogP contribution in [0, 0.1) is 0 Å². The van der Waals surface area contributed by atoms with Gasteiger partial charge in [-0.1, -0.05) is 6.07 Å². The molecule has 1 aliphatic rings. The van der Waals surface area contributed by atoms with Gasteiger partial charge >= 0.3 is 5.97 Å². The Hall–Kier alpha value is -1.35. The molecule has 0 spiro atoms. The third-order valence-corrected chi connectivity index (χ3v) is 2.72. The van der Waals surface area contributed by atoms with E-state index in [2.05, 4.69) is 0 Å². The van der Waals surface area contributed by atoms with E-state index in [1.165, 1.54) is 5.56 Å². The van der Waals surface area contributed by atoms with Crippen LogP contribution < -0.4 is 5.73 Å². The maximum absolute atomic E-state index is 10.7. The summed E-state index contributed by atoms with van der Waals surface area (Å²) in [5.74, 6) is -0.869. The molecule has 0 bridgehead atoms. The number of aromatic carboxylic acids is 1. The molecule has 14 heavy (non-hydrogen) atoms. The fourth-order valence-corrected chi connectivity index (χ4v) is 1.92. The number of benzene rings is 1. The van der Waals surface area contributed by atoms with E-state index in [1.807, 2.05) is 6.07 Å². The highest BCUT2D eigenvalue weighted by atomic mass is 16.4. The number of aryl methyl sites for hydroxylation is 1. The van der Waals surface area contributed by atoms with Crippen LogP contribution in [0.1, 0.15) is 27.9 Å². The average Bonchev–Trinajstić information content (AvgIpc) is 2.16. The minimum absolute atomic E-state index is 0.187. The highest BCUT2D eigenvalue weighted by Crippen LogP contribution is 2.21. The Morgan fingerprint density at radius 3 is 2.93 bits per heavy atom. The molecule has 0 amide bonds. The van der Waals surface area contributed by atoms with Crippen molar-refractivity contribution in [3.8, 4) is 0 Å². The van der Waals surface area contributed by atoms with E-state index >= 15 is 0 Å². The normalized spacial score (nSPS) is 20.2. The number of carbonyl (C=O) groups is 1. The number of hydrogen-bond donors (Lipinski definition) is 2. The zero-order valence-electron chi connectivity index (χ0n) is 7.86. The van der Waals surface area contributed by atoms with Crippen molar-refractivity contribution in [1.82, 2.24) is 0 Å². The maximum atomic E-state index is 10.7. The Balaban J connectivity index is 2.37. The molecule has 0 radical (unpaired) electrons. The summed E-state index contributed by atoms with van der Waals surface area (Å²) in [6.45, 7) is 0. The molecule has 0 saturated heterocycles. The summed E-state index contributed by atoms with van der Waals surface area (Å²) in [6, 6.07) is 5.51. The first kappa shape index (κ1) is 9.21. The Morgan fingerprint density at radius 2 is 2.21 bits per heavy atom. The average molecular weight is 191 g/mol. The van der Waals surface area contributed by atoms with Crippen LogP contribution in [0.4, 0.5) is 0 Å². The number of fused-ring (bicyclic) bond motifs is 1. The van der Waals surface area contributed by atoms with E-state index in [4.69, 9.17) is 10.8 Å². The molecule has 0 unspecified atom stereocenters. The van der Waals surface area contributed by atoms with Crippen molar-refractivity contribution in [3.05, 3.63) is 34.9 Å². The first-order chi connectivity index (χ1) is 6.66. The molecule has 1 aromatic carbocycles. The molecule has 3 N–H and O–H groups in total. The van der Waals surface area contributed by atoms with Gasteiger partial charge < -0.3 is 10.8 Å². The fraction of sp³-hybridized carbons (Fsp3) is 0.364. The Bertz CT molecular complexity index is 374. The lowest BCUT2D eigenvalue weighted by molar-refractivity contribution is 0.0696. The molecule has 0 aliphatic heterocycles. The van der Waals surface area contributed by atoms with Crippen LogP contribution in [0.5, 0.6) is 0 Å². The van der Waals surface area contributed by atoms with E-state index in [-0.39, 0.29) is 6.04 Å². The molecular weight excluding hydrogens is 178 g/mol. The molecule has 1 aromatic rings. The predicted molar refractivity (Wildman–Crippen MR) is 53.4 cm³/mol. The van der Waals surface area contributed by atoms with Crippen molar-refractivity contribution in [1.29, 1.82) is 0 Å². The van der Waals surface area contributed by atoms with Gasteiger partial charge in [0.05, 0.1) is 5.56 Å². The summed E-state index contributed by atoms with van der Waals surface area (Å²) < 4.78 is 0. The lowest BCUT2D eigenvalue weighted by Gasteiger charge is -2.21. The first-order valence-corrected chi connectivity index (χ1v) is 4.77. The van der Waals surface area contributed by atoms with Crippen molar-refractivity contribution in [2.45, 2.75) is 25.3 Å². The molecular formula is C11H13NO2. The standard InChI is InChI=1S/C11H13NO2/c12-10-4-3-7-1-2-8(11(13)14)5-9(7)6-10/h1-2,5,10H,3-4,6,12H2,(H,13,14)/t10-/m0/s1. The Morgan fingerprint density at radius 1 is 1.43 bits per heavy atom. The van der Waals surface area contributed by atoms with Gasteiger partial charge in [-0.25, -0.2) is 4.79 Å². The van der Waals surface area contributed by atoms with Crippen LogP contribution in [0.15, 0.2) is 18.2 Å². The van der Waals surface area contributed by atoms with E-state index in [0.29, 0.717) is 5.56 Å². The molecule has 74 valence electrons. The highest BCUT2D eigenvalue weighted by Gasteiger charge is 2.16. The topological polar surface area (TPSA) is 63.3 Å². The second-order valence-corrected chi connectivity index (χ2v) is 3.79. The van der Waals surface area contributed by atoms with Crippen LogP contribution in [0.25, 0.3) is 0 Å². The first-order valence-electron chi connectivity index (χ1n) is 4.77. The van der Waals surface area contributed by atoms with Crippen LogP contribution in [-0.2, 0) is 12.8 Å². The molecule has 2 rings (SSSR count). The fourth-order valence-electron chi connectivity index (χ4n) is 1.92. The molecule has 3 nitrogen and oxygen atoms in total. The maximum Gasteiger partial charge on any atom is 0.335 e. The second-order valence-electron chi connectivity index (χ2n) is 3.79. The summed E-state index contributed by atoms with van der Waals surface area (Å²) in [7, 11) is 0. The van der Waals surface area contributed by atoms with Gasteiger partial charge in [0.15, 0.2) is 0 Å². The quantitative estimate of drug-likeness (QED) is 0.701. The largest absolute Gasteiger partial charge is 0.478 e. The molecule has 1 atom stereocenters. The third kappa shape index (κ3) is 1.63. The third-order valence-electron chi connectivity index (χ3n) is 2.72. The zero-order valence-corrected chi connectivity index (χ0v) is 7.86. The predicted octanol–water partition coefficient (Wildman–Crippen LogP) is 1.20. The van der Waals surface area contributed by atoms with Gasteiger partial charge in [-0.05, 0) is 42.5 Å². The summed E-state index contributed by atoms with van der Waals surface area (Å²) >= 11 is 0. The van der Waals surface area contributed by atoms with E-state index in [0.717, 1.165) is 24.8 Å². The highest BCUT2D eigenvalue weighted by molar-refractivity contribution is 5.87. The van der Waals surface area contributed by atoms with Gasteiger partial charge in [0.25, 0.3) is 0 Å². The Labute approximate surface area is 82.5 Å². The van der Waals surface area contributed by atoms with Crippen molar-refractivity contribution >= 4 is 5.97 Å². The number of carboxylic acid groups (broad SMARTS) is 1. The van der Waals surface area contributed by atoms with Crippen molar-refractivity contribution < 1.29 is 9.90 Å². The van der Waals surface area contributed by atoms with E-state index in [1.54, 1.807) is 12.1 Å². The summed E-state index contributed by atoms with van der Waals surface area (Å²) in [4.78, 5) is 10.7. The number of nitrogens with two attached hydrogens (primary N) is 1. The number of hydrogen-bond acceptors (Lipinski definition) is 2. The molecule has 0 fully saturated rings. The molecule has 0 saturated carbocycles. The summed E-state index contributed by atoms with van der Waals surface area (Å²) in [6.07, 6.45) is 2.77. The van der Waals surface area contributed by atoms with Gasteiger partial charge in [0, 0.05) is 6.04 Å². The lowest BCUT2D eigenvalue weighted by atomic mass is 9.88. The lowest BCUT2D eigenvalue weighted by Crippen LogP contribution is -2.28. The van der Waals surface area contributed by atoms with Crippen LogP contribution in [0.3, 0.4) is 0 Å². The van der Waals surface area contributed by atoms with Crippen LogP contribution in [0.2, 0.25) is 0 Å². The number of carboxylic acids is 1. The van der Waals surface area contributed by atoms with E-state index < -0.39 is 5.97 Å².